The van der Waals surface area contributed by atoms with E-state index in [1.165, 1.54) is 10.3 Å². The van der Waals surface area contributed by atoms with Crippen LogP contribution in [0, 0.1) is 0 Å². The number of pyridine rings is 1. The number of rotatable bonds is 1. The number of benzene rings is 1. The molecule has 0 spiro atoms. The van der Waals surface area contributed by atoms with E-state index in [0.29, 0.717) is 0 Å². The van der Waals surface area contributed by atoms with Crippen molar-refractivity contribution in [2.24, 2.45) is 7.05 Å². The zero-order valence-corrected chi connectivity index (χ0v) is 14.2. The predicted octanol–water partition coefficient (Wildman–Crippen LogP) is 0.554. The third-order valence-corrected chi connectivity index (χ3v) is 4.14. The Labute approximate surface area is 135 Å². The molecule has 0 unspecified atom stereocenters. The van der Waals surface area contributed by atoms with Crippen molar-refractivity contribution in [3.8, 4) is 10.6 Å². The van der Waals surface area contributed by atoms with E-state index in [4.69, 9.17) is 0 Å². The first-order valence-corrected chi connectivity index (χ1v) is 6.85. The van der Waals surface area contributed by atoms with E-state index in [1.54, 1.807) is 11.3 Å². The van der Waals surface area contributed by atoms with Gasteiger partial charge in [-0.2, -0.15) is 0 Å². The van der Waals surface area contributed by atoms with Crippen LogP contribution in [-0.4, -0.2) is 4.98 Å². The van der Waals surface area contributed by atoms with Gasteiger partial charge in [-0.15, -0.1) is 11.3 Å². The minimum Gasteiger partial charge on any atom is -1.00 e. The van der Waals surface area contributed by atoms with Crippen molar-refractivity contribution in [1.82, 2.24) is 4.98 Å². The second-order valence-electron chi connectivity index (χ2n) is 3.88. The molecular weight excluding hydrogens is 423 g/mol. The summed E-state index contributed by atoms with van der Waals surface area (Å²) in [6, 6.07) is 10.4. The van der Waals surface area contributed by atoms with E-state index in [2.05, 4.69) is 39.1 Å². The molecular formula is C13H10BrIN2S. The molecule has 2 heterocycles. The minimum atomic E-state index is 0. The summed E-state index contributed by atoms with van der Waals surface area (Å²) in [7, 11) is 2.01. The van der Waals surface area contributed by atoms with Crippen molar-refractivity contribution in [1.29, 1.82) is 0 Å². The van der Waals surface area contributed by atoms with Gasteiger partial charge in [0.2, 0.25) is 0 Å². The van der Waals surface area contributed by atoms with E-state index >= 15 is 0 Å². The van der Waals surface area contributed by atoms with Gasteiger partial charge < -0.3 is 24.0 Å². The van der Waals surface area contributed by atoms with Crippen LogP contribution in [0.15, 0.2) is 47.2 Å². The number of thiazole rings is 1. The lowest BCUT2D eigenvalue weighted by Crippen LogP contribution is -3.00. The molecule has 0 atom stereocenters. The summed E-state index contributed by atoms with van der Waals surface area (Å²) in [5.41, 5.74) is 2.22. The van der Waals surface area contributed by atoms with E-state index in [0.717, 1.165) is 15.0 Å². The Morgan fingerprint density at radius 1 is 1.17 bits per heavy atom. The smallest absolute Gasteiger partial charge is 0.169 e. The highest BCUT2D eigenvalue weighted by atomic mass is 127. The van der Waals surface area contributed by atoms with Crippen LogP contribution in [0.2, 0.25) is 0 Å². The van der Waals surface area contributed by atoms with Crippen molar-refractivity contribution in [2.45, 2.75) is 0 Å². The molecule has 0 aliphatic carbocycles. The molecule has 0 N–H and O–H groups in total. The van der Waals surface area contributed by atoms with Gasteiger partial charge in [-0.1, -0.05) is 15.9 Å². The first kappa shape index (κ1) is 13.9. The van der Waals surface area contributed by atoms with Crippen LogP contribution in [0.4, 0.5) is 0 Å². The van der Waals surface area contributed by atoms with Crippen LogP contribution in [0.1, 0.15) is 0 Å². The number of aromatic nitrogens is 2. The quantitative estimate of drug-likeness (QED) is 0.405. The molecule has 3 rings (SSSR count). The summed E-state index contributed by atoms with van der Waals surface area (Å²) in [5.74, 6) is 0. The summed E-state index contributed by atoms with van der Waals surface area (Å²) in [5, 5.41) is 1.07. The topological polar surface area (TPSA) is 16.8 Å². The molecule has 0 saturated carbocycles. The maximum Gasteiger partial charge on any atom is 0.169 e. The van der Waals surface area contributed by atoms with Gasteiger partial charge in [0.25, 0.3) is 0 Å². The Morgan fingerprint density at radius 3 is 2.61 bits per heavy atom. The lowest BCUT2D eigenvalue weighted by Gasteiger charge is -1.92. The molecule has 2 aromatic heterocycles. The first-order valence-electron chi connectivity index (χ1n) is 5.24. The number of aryl methyl sites for hydroxylation is 1. The third kappa shape index (κ3) is 2.73. The van der Waals surface area contributed by atoms with Gasteiger partial charge in [-0.25, -0.2) is 9.55 Å². The summed E-state index contributed by atoms with van der Waals surface area (Å²) < 4.78 is 4.33. The third-order valence-electron chi connectivity index (χ3n) is 2.58. The van der Waals surface area contributed by atoms with Crippen LogP contribution in [0.3, 0.4) is 0 Å². The molecule has 0 fully saturated rings. The standard InChI is InChI=1S/C13H10BrN2S.HI/c1-16-6-4-9(5-7-16)13-15-11-3-2-10(14)8-12(11)17-13;/h2-8H,1H3;1H/q+1;/p-1. The fraction of sp³-hybridized carbons (Fsp3) is 0.0769. The summed E-state index contributed by atoms with van der Waals surface area (Å²) >= 11 is 5.20. The highest BCUT2D eigenvalue weighted by Gasteiger charge is 2.07. The monoisotopic (exact) mass is 432 g/mol. The number of fused-ring (bicyclic) bond motifs is 1. The highest BCUT2D eigenvalue weighted by Crippen LogP contribution is 2.31. The molecule has 0 aliphatic rings. The SMILES string of the molecule is C[n+]1ccc(-c2nc3ccc(Br)cc3s2)cc1.[I-]. The molecule has 92 valence electrons. The second-order valence-corrected chi connectivity index (χ2v) is 5.83. The maximum absolute atomic E-state index is 4.64. The lowest BCUT2D eigenvalue weighted by atomic mass is 10.3. The van der Waals surface area contributed by atoms with Crippen LogP contribution in [-0.2, 0) is 7.05 Å². The van der Waals surface area contributed by atoms with Gasteiger partial charge in [0.1, 0.15) is 12.1 Å². The molecule has 0 aliphatic heterocycles. The maximum atomic E-state index is 4.64. The average molecular weight is 433 g/mol. The zero-order valence-electron chi connectivity index (χ0n) is 9.60. The van der Waals surface area contributed by atoms with Crippen LogP contribution < -0.4 is 28.5 Å². The van der Waals surface area contributed by atoms with Crippen LogP contribution in [0.5, 0.6) is 0 Å². The molecule has 1 aromatic carbocycles. The first-order chi connectivity index (χ1) is 8.22. The van der Waals surface area contributed by atoms with Crippen molar-refractivity contribution < 1.29 is 28.5 Å². The highest BCUT2D eigenvalue weighted by molar-refractivity contribution is 9.10. The number of halogens is 2. The number of nitrogens with zero attached hydrogens (tertiary/aromatic N) is 2. The fourth-order valence-corrected chi connectivity index (χ4v) is 3.19. The summed E-state index contributed by atoms with van der Waals surface area (Å²) in [6.07, 6.45) is 4.08. The molecule has 5 heteroatoms. The predicted molar refractivity (Wildman–Crippen MR) is 73.9 cm³/mol. The van der Waals surface area contributed by atoms with Crippen LogP contribution >= 0.6 is 27.3 Å². The molecule has 0 amide bonds. The zero-order chi connectivity index (χ0) is 11.8. The molecule has 0 radical (unpaired) electrons. The summed E-state index contributed by atoms with van der Waals surface area (Å²) in [4.78, 5) is 4.64. The lowest BCUT2D eigenvalue weighted by molar-refractivity contribution is -0.671. The Bertz CT molecular complexity index is 679. The fourth-order valence-electron chi connectivity index (χ4n) is 1.67. The van der Waals surface area contributed by atoms with Gasteiger partial charge in [0.05, 0.1) is 10.2 Å². The normalized spacial score (nSPS) is 10.3. The van der Waals surface area contributed by atoms with E-state index in [1.807, 2.05) is 36.1 Å². The Morgan fingerprint density at radius 2 is 1.89 bits per heavy atom. The van der Waals surface area contributed by atoms with Crippen molar-refractivity contribution in [3.63, 3.8) is 0 Å². The largest absolute Gasteiger partial charge is 1.00 e. The van der Waals surface area contributed by atoms with E-state index in [-0.39, 0.29) is 24.0 Å². The Hall–Kier alpha value is -0.530. The minimum absolute atomic E-state index is 0. The molecule has 18 heavy (non-hydrogen) atoms. The average Bonchev–Trinajstić information content (AvgIpc) is 2.72. The second kappa shape index (κ2) is 5.63. The molecule has 0 saturated heterocycles. The number of hydrogen-bond acceptors (Lipinski definition) is 2. The van der Waals surface area contributed by atoms with Crippen molar-refractivity contribution in [3.05, 3.63) is 47.2 Å². The van der Waals surface area contributed by atoms with Crippen LogP contribution in [0.25, 0.3) is 20.8 Å². The van der Waals surface area contributed by atoms with E-state index < -0.39 is 0 Å². The number of hydrogen-bond donors (Lipinski definition) is 0. The Kier molecular flexibility index (Phi) is 4.34. The molecule has 2 nitrogen and oxygen atoms in total. The van der Waals surface area contributed by atoms with Crippen molar-refractivity contribution in [2.75, 3.05) is 0 Å². The van der Waals surface area contributed by atoms with E-state index in [9.17, 15) is 0 Å². The Balaban J connectivity index is 0.00000120. The molecule has 3 aromatic rings. The summed E-state index contributed by atoms with van der Waals surface area (Å²) in [6.45, 7) is 0. The molecule has 0 bridgehead atoms. The van der Waals surface area contributed by atoms with Gasteiger partial charge >= 0.3 is 0 Å². The van der Waals surface area contributed by atoms with Gasteiger partial charge in [-0.3, -0.25) is 0 Å². The van der Waals surface area contributed by atoms with Gasteiger partial charge in [0, 0.05) is 22.2 Å². The van der Waals surface area contributed by atoms with Gasteiger partial charge in [0.15, 0.2) is 12.4 Å². The van der Waals surface area contributed by atoms with Gasteiger partial charge in [-0.05, 0) is 18.2 Å². The van der Waals surface area contributed by atoms with Crippen molar-refractivity contribution >= 4 is 37.5 Å².